The third kappa shape index (κ3) is 1.42. The molecule has 64 valence electrons. The van der Waals surface area contributed by atoms with Crippen molar-refractivity contribution < 1.29 is 5.11 Å². The van der Waals surface area contributed by atoms with Crippen LogP contribution in [-0.4, -0.2) is 11.2 Å². The number of hydrogen-bond donors (Lipinski definition) is 1. The normalized spacial score (nSPS) is 22.8. The van der Waals surface area contributed by atoms with Crippen LogP contribution in [0, 0.1) is 0 Å². The van der Waals surface area contributed by atoms with Crippen LogP contribution in [0.25, 0.3) is 5.57 Å². The molecule has 0 aromatic carbocycles. The largest absolute Gasteiger partial charge is 0.389 e. The van der Waals surface area contributed by atoms with Crippen LogP contribution in [0.1, 0.15) is 18.4 Å². The second-order valence-corrected chi connectivity index (χ2v) is 4.42. The van der Waals surface area contributed by atoms with Crippen molar-refractivity contribution in [2.24, 2.45) is 0 Å². The maximum absolute atomic E-state index is 9.27. The SMILES string of the molecule is OC1C=C(c2ccsc2Cl)CC1. The lowest BCUT2D eigenvalue weighted by atomic mass is 10.1. The smallest absolute Gasteiger partial charge is 0.100 e. The number of halogens is 1. The van der Waals surface area contributed by atoms with Gasteiger partial charge in [-0.15, -0.1) is 11.3 Å². The highest BCUT2D eigenvalue weighted by molar-refractivity contribution is 7.14. The van der Waals surface area contributed by atoms with Gasteiger partial charge in [-0.05, 0) is 29.9 Å². The van der Waals surface area contributed by atoms with Crippen LogP contribution in [0.4, 0.5) is 0 Å². The van der Waals surface area contributed by atoms with E-state index in [4.69, 9.17) is 11.6 Å². The summed E-state index contributed by atoms with van der Waals surface area (Å²) in [4.78, 5) is 0. The van der Waals surface area contributed by atoms with Gasteiger partial charge in [-0.1, -0.05) is 17.7 Å². The van der Waals surface area contributed by atoms with E-state index in [1.165, 1.54) is 16.9 Å². The number of hydrogen-bond acceptors (Lipinski definition) is 2. The lowest BCUT2D eigenvalue weighted by Crippen LogP contribution is -1.93. The summed E-state index contributed by atoms with van der Waals surface area (Å²) in [6, 6.07) is 2.01. The third-order valence-electron chi connectivity index (χ3n) is 2.07. The van der Waals surface area contributed by atoms with E-state index < -0.39 is 0 Å². The van der Waals surface area contributed by atoms with E-state index in [0.717, 1.165) is 22.7 Å². The van der Waals surface area contributed by atoms with E-state index in [1.54, 1.807) is 0 Å². The van der Waals surface area contributed by atoms with Crippen LogP contribution < -0.4 is 0 Å². The van der Waals surface area contributed by atoms with E-state index in [2.05, 4.69) is 0 Å². The average Bonchev–Trinajstić information content (AvgIpc) is 2.58. The quantitative estimate of drug-likeness (QED) is 0.739. The van der Waals surface area contributed by atoms with Crippen LogP contribution in [0.15, 0.2) is 17.5 Å². The van der Waals surface area contributed by atoms with Gasteiger partial charge in [0.15, 0.2) is 0 Å². The Hall–Kier alpha value is -0.310. The molecule has 1 aromatic heterocycles. The van der Waals surface area contributed by atoms with Gasteiger partial charge in [-0.25, -0.2) is 0 Å². The lowest BCUT2D eigenvalue weighted by molar-refractivity contribution is 0.223. The van der Waals surface area contributed by atoms with E-state index in [-0.39, 0.29) is 6.10 Å². The maximum Gasteiger partial charge on any atom is 0.100 e. The van der Waals surface area contributed by atoms with Gasteiger partial charge >= 0.3 is 0 Å². The van der Waals surface area contributed by atoms with Gasteiger partial charge in [0, 0.05) is 5.56 Å². The second-order valence-electron chi connectivity index (χ2n) is 2.91. The summed E-state index contributed by atoms with van der Waals surface area (Å²) in [5.74, 6) is 0. The molecule has 3 heteroatoms. The molecule has 12 heavy (non-hydrogen) atoms. The zero-order valence-electron chi connectivity index (χ0n) is 6.46. The first kappa shape index (κ1) is 8.30. The Labute approximate surface area is 80.3 Å². The van der Waals surface area contributed by atoms with Gasteiger partial charge in [0.2, 0.25) is 0 Å². The Kier molecular flexibility index (Phi) is 2.22. The molecule has 1 aliphatic carbocycles. The fourth-order valence-corrected chi connectivity index (χ4v) is 2.44. The summed E-state index contributed by atoms with van der Waals surface area (Å²) in [7, 11) is 0. The highest BCUT2D eigenvalue weighted by atomic mass is 35.5. The lowest BCUT2D eigenvalue weighted by Gasteiger charge is -1.96. The Balaban J connectivity index is 2.32. The summed E-state index contributed by atoms with van der Waals surface area (Å²) < 4.78 is 0.829. The average molecular weight is 201 g/mol. The van der Waals surface area contributed by atoms with Crippen LogP contribution in [0.2, 0.25) is 4.34 Å². The Bertz CT molecular complexity index is 316. The minimum atomic E-state index is -0.268. The molecule has 1 heterocycles. The molecule has 0 bridgehead atoms. The van der Waals surface area contributed by atoms with Crippen molar-refractivity contribution in [2.75, 3.05) is 0 Å². The van der Waals surface area contributed by atoms with E-state index in [9.17, 15) is 5.11 Å². The van der Waals surface area contributed by atoms with Gasteiger partial charge in [0.05, 0.1) is 6.10 Å². The van der Waals surface area contributed by atoms with Crippen LogP contribution >= 0.6 is 22.9 Å². The maximum atomic E-state index is 9.27. The predicted molar refractivity (Wildman–Crippen MR) is 52.5 cm³/mol. The summed E-state index contributed by atoms with van der Waals surface area (Å²) >= 11 is 7.50. The topological polar surface area (TPSA) is 20.2 Å². The van der Waals surface area contributed by atoms with E-state index in [0.29, 0.717) is 0 Å². The molecule has 1 atom stereocenters. The third-order valence-corrected chi connectivity index (χ3v) is 3.24. The molecule has 1 nitrogen and oxygen atoms in total. The molecule has 0 radical (unpaired) electrons. The minimum Gasteiger partial charge on any atom is -0.389 e. The summed E-state index contributed by atoms with van der Waals surface area (Å²) in [6.07, 6.45) is 3.41. The van der Waals surface area contributed by atoms with Crippen molar-refractivity contribution in [2.45, 2.75) is 18.9 Å². The summed E-state index contributed by atoms with van der Waals surface area (Å²) in [5.41, 5.74) is 2.28. The van der Waals surface area contributed by atoms with Crippen molar-refractivity contribution in [1.82, 2.24) is 0 Å². The summed E-state index contributed by atoms with van der Waals surface area (Å²) in [6.45, 7) is 0. The van der Waals surface area contributed by atoms with Gasteiger partial charge < -0.3 is 5.11 Å². The molecule has 0 aliphatic heterocycles. The molecule has 0 amide bonds. The number of aliphatic hydroxyl groups is 1. The molecule has 1 aromatic rings. The molecule has 1 N–H and O–H groups in total. The Morgan fingerprint density at radius 2 is 2.42 bits per heavy atom. The number of rotatable bonds is 1. The first-order chi connectivity index (χ1) is 5.77. The fraction of sp³-hybridized carbons (Fsp3) is 0.333. The van der Waals surface area contributed by atoms with Gasteiger partial charge in [-0.2, -0.15) is 0 Å². The summed E-state index contributed by atoms with van der Waals surface area (Å²) in [5, 5.41) is 11.2. The van der Waals surface area contributed by atoms with Crippen LogP contribution in [0.3, 0.4) is 0 Å². The highest BCUT2D eigenvalue weighted by Crippen LogP contribution is 2.35. The molecule has 2 rings (SSSR count). The zero-order chi connectivity index (χ0) is 8.55. The van der Waals surface area contributed by atoms with Crippen molar-refractivity contribution in [3.63, 3.8) is 0 Å². The van der Waals surface area contributed by atoms with Crippen molar-refractivity contribution in [3.8, 4) is 0 Å². The van der Waals surface area contributed by atoms with Crippen molar-refractivity contribution >= 4 is 28.5 Å². The van der Waals surface area contributed by atoms with Gasteiger partial charge in [0.25, 0.3) is 0 Å². The molecule has 0 saturated carbocycles. The molecule has 1 unspecified atom stereocenters. The molecule has 0 saturated heterocycles. The van der Waals surface area contributed by atoms with Gasteiger partial charge in [0.1, 0.15) is 4.34 Å². The minimum absolute atomic E-state index is 0.268. The van der Waals surface area contributed by atoms with Crippen molar-refractivity contribution in [3.05, 3.63) is 27.4 Å². The van der Waals surface area contributed by atoms with E-state index in [1.807, 2.05) is 17.5 Å². The van der Waals surface area contributed by atoms with E-state index >= 15 is 0 Å². The monoisotopic (exact) mass is 200 g/mol. The number of allylic oxidation sites excluding steroid dienone is 1. The fourth-order valence-electron chi connectivity index (χ4n) is 1.45. The second kappa shape index (κ2) is 3.21. The zero-order valence-corrected chi connectivity index (χ0v) is 8.03. The Morgan fingerprint density at radius 1 is 1.58 bits per heavy atom. The molecular weight excluding hydrogens is 192 g/mol. The number of thiophene rings is 1. The van der Waals surface area contributed by atoms with Gasteiger partial charge in [-0.3, -0.25) is 0 Å². The molecule has 0 spiro atoms. The first-order valence-electron chi connectivity index (χ1n) is 3.89. The van der Waals surface area contributed by atoms with Crippen LogP contribution in [-0.2, 0) is 0 Å². The molecular formula is C9H9ClOS. The first-order valence-corrected chi connectivity index (χ1v) is 5.15. The standard InChI is InChI=1S/C9H9ClOS/c10-9-8(3-4-12-9)6-1-2-7(11)5-6/h3-5,7,11H,1-2H2. The van der Waals surface area contributed by atoms with Crippen LogP contribution in [0.5, 0.6) is 0 Å². The number of aliphatic hydroxyl groups excluding tert-OH is 1. The Morgan fingerprint density at radius 3 is 2.92 bits per heavy atom. The molecule has 0 fully saturated rings. The predicted octanol–water partition coefficient (Wildman–Crippen LogP) is 2.94. The molecule has 1 aliphatic rings. The van der Waals surface area contributed by atoms with Crippen molar-refractivity contribution in [1.29, 1.82) is 0 Å². The highest BCUT2D eigenvalue weighted by Gasteiger charge is 2.16.